The number of piperidine rings is 1. The lowest BCUT2D eigenvalue weighted by Gasteiger charge is -2.34. The van der Waals surface area contributed by atoms with Gasteiger partial charge in [0.2, 0.25) is 10.0 Å². The van der Waals surface area contributed by atoms with Gasteiger partial charge in [-0.1, -0.05) is 26.0 Å². The number of ether oxygens (including phenoxy) is 1. The average Bonchev–Trinajstić information content (AvgIpc) is 2.65. The highest BCUT2D eigenvalue weighted by atomic mass is 32.2. The summed E-state index contributed by atoms with van der Waals surface area (Å²) in [6, 6.07) is 11.6. The van der Waals surface area contributed by atoms with E-state index >= 15 is 0 Å². The minimum Gasteiger partial charge on any atom is -0.457 e. The Morgan fingerprint density at radius 1 is 1.11 bits per heavy atom. The van der Waals surface area contributed by atoms with Crippen molar-refractivity contribution in [3.63, 3.8) is 0 Å². The van der Waals surface area contributed by atoms with Crippen molar-refractivity contribution in [1.82, 2.24) is 4.31 Å². The summed E-state index contributed by atoms with van der Waals surface area (Å²) in [5.74, 6) is -0.357. The second kappa shape index (κ2) is 8.41. The van der Waals surface area contributed by atoms with E-state index in [-0.39, 0.29) is 17.1 Å². The SMILES string of the molecule is CC1CC(C)CN(S(=O)(=O)c2ccc(C(=O)OCc3cccc(F)c3)cc2)C1. The summed E-state index contributed by atoms with van der Waals surface area (Å²) in [5.41, 5.74) is 0.789. The Kier molecular flexibility index (Phi) is 6.15. The number of halogens is 1. The van der Waals surface area contributed by atoms with Gasteiger partial charge in [-0.25, -0.2) is 17.6 Å². The molecule has 0 aromatic heterocycles. The minimum absolute atomic E-state index is 0.0554. The van der Waals surface area contributed by atoms with Crippen molar-refractivity contribution in [3.05, 3.63) is 65.5 Å². The summed E-state index contributed by atoms with van der Waals surface area (Å²) in [7, 11) is -3.59. The van der Waals surface area contributed by atoms with Gasteiger partial charge in [-0.15, -0.1) is 0 Å². The molecule has 2 atom stereocenters. The molecule has 1 aliphatic rings. The second-order valence-electron chi connectivity index (χ2n) is 7.50. The normalized spacial score (nSPS) is 20.7. The third-order valence-corrected chi connectivity index (χ3v) is 6.67. The summed E-state index contributed by atoms with van der Waals surface area (Å²) in [4.78, 5) is 12.3. The molecule has 28 heavy (non-hydrogen) atoms. The number of hydrogen-bond acceptors (Lipinski definition) is 4. The standard InChI is InChI=1S/C21H24FNO4S/c1-15-10-16(2)13-23(12-15)28(25,26)20-8-6-18(7-9-20)21(24)27-14-17-4-3-5-19(22)11-17/h3-9,11,15-16H,10,12-14H2,1-2H3. The predicted octanol–water partition coefficient (Wildman–Crippen LogP) is 3.85. The minimum atomic E-state index is -3.59. The van der Waals surface area contributed by atoms with Crippen molar-refractivity contribution in [1.29, 1.82) is 0 Å². The van der Waals surface area contributed by atoms with E-state index in [1.54, 1.807) is 12.1 Å². The van der Waals surface area contributed by atoms with E-state index in [0.717, 1.165) is 6.42 Å². The molecule has 0 bridgehead atoms. The highest BCUT2D eigenvalue weighted by Crippen LogP contribution is 2.26. The maximum atomic E-state index is 13.2. The molecule has 1 fully saturated rings. The number of carbonyl (C=O) groups excluding carboxylic acids is 1. The number of esters is 1. The number of benzene rings is 2. The third-order valence-electron chi connectivity index (χ3n) is 4.82. The largest absolute Gasteiger partial charge is 0.457 e. The molecule has 2 unspecified atom stereocenters. The Balaban J connectivity index is 1.67. The van der Waals surface area contributed by atoms with Gasteiger partial charge in [0.05, 0.1) is 10.5 Å². The lowest BCUT2D eigenvalue weighted by molar-refractivity contribution is 0.0472. The fourth-order valence-electron chi connectivity index (χ4n) is 3.57. The molecule has 1 saturated heterocycles. The zero-order valence-corrected chi connectivity index (χ0v) is 16.8. The summed E-state index contributed by atoms with van der Waals surface area (Å²) in [5, 5.41) is 0. The number of carbonyl (C=O) groups is 1. The first-order valence-corrected chi connectivity index (χ1v) is 10.7. The van der Waals surface area contributed by atoms with Crippen LogP contribution in [-0.4, -0.2) is 31.8 Å². The Labute approximate surface area is 165 Å². The van der Waals surface area contributed by atoms with Crippen molar-refractivity contribution in [3.8, 4) is 0 Å². The van der Waals surface area contributed by atoms with Gasteiger partial charge in [0, 0.05) is 13.1 Å². The van der Waals surface area contributed by atoms with Gasteiger partial charge >= 0.3 is 5.97 Å². The molecule has 3 rings (SSSR count). The molecule has 7 heteroatoms. The van der Waals surface area contributed by atoms with Gasteiger partial charge in [0.25, 0.3) is 0 Å². The van der Waals surface area contributed by atoms with Gasteiger partial charge in [-0.3, -0.25) is 0 Å². The smallest absolute Gasteiger partial charge is 0.338 e. The monoisotopic (exact) mass is 405 g/mol. The first kappa shape index (κ1) is 20.5. The molecular weight excluding hydrogens is 381 g/mol. The van der Waals surface area contributed by atoms with E-state index in [0.29, 0.717) is 30.5 Å². The first-order valence-electron chi connectivity index (χ1n) is 9.27. The molecule has 150 valence electrons. The summed E-state index contributed by atoms with van der Waals surface area (Å²) < 4.78 is 45.6. The predicted molar refractivity (Wildman–Crippen MR) is 104 cm³/mol. The van der Waals surface area contributed by atoms with Crippen molar-refractivity contribution < 1.29 is 22.3 Å². The highest BCUT2D eigenvalue weighted by molar-refractivity contribution is 7.89. The molecule has 0 amide bonds. The van der Waals surface area contributed by atoms with Crippen LogP contribution in [0.3, 0.4) is 0 Å². The van der Waals surface area contributed by atoms with Crippen LogP contribution >= 0.6 is 0 Å². The number of hydrogen-bond donors (Lipinski definition) is 0. The molecule has 0 spiro atoms. The average molecular weight is 405 g/mol. The van der Waals surface area contributed by atoms with Crippen LogP contribution in [0.1, 0.15) is 36.2 Å². The Morgan fingerprint density at radius 2 is 1.75 bits per heavy atom. The second-order valence-corrected chi connectivity index (χ2v) is 9.44. The lowest BCUT2D eigenvalue weighted by Crippen LogP contribution is -2.42. The van der Waals surface area contributed by atoms with Crippen LogP contribution in [0.15, 0.2) is 53.4 Å². The summed E-state index contributed by atoms with van der Waals surface area (Å²) in [6.07, 6.45) is 1.02. The van der Waals surface area contributed by atoms with E-state index in [9.17, 15) is 17.6 Å². The van der Waals surface area contributed by atoms with Crippen LogP contribution in [-0.2, 0) is 21.4 Å². The van der Waals surface area contributed by atoms with Crippen LogP contribution in [0.2, 0.25) is 0 Å². The van der Waals surface area contributed by atoms with Crippen LogP contribution in [0.5, 0.6) is 0 Å². The number of sulfonamides is 1. The van der Waals surface area contributed by atoms with Crippen molar-refractivity contribution in [2.45, 2.75) is 31.8 Å². The van der Waals surface area contributed by atoms with Crippen molar-refractivity contribution >= 4 is 16.0 Å². The van der Waals surface area contributed by atoms with Gasteiger partial charge < -0.3 is 4.74 Å². The highest BCUT2D eigenvalue weighted by Gasteiger charge is 2.31. The van der Waals surface area contributed by atoms with Crippen LogP contribution in [0, 0.1) is 17.7 Å². The van der Waals surface area contributed by atoms with E-state index in [4.69, 9.17) is 4.74 Å². The van der Waals surface area contributed by atoms with Gasteiger partial charge in [0.1, 0.15) is 12.4 Å². The third kappa shape index (κ3) is 4.77. The maximum Gasteiger partial charge on any atom is 0.338 e. The van der Waals surface area contributed by atoms with Gasteiger partial charge in [-0.2, -0.15) is 4.31 Å². The first-order chi connectivity index (χ1) is 13.3. The van der Waals surface area contributed by atoms with Crippen LogP contribution in [0.4, 0.5) is 4.39 Å². The van der Waals surface area contributed by atoms with Crippen molar-refractivity contribution in [2.75, 3.05) is 13.1 Å². The van der Waals surface area contributed by atoms with Crippen LogP contribution in [0.25, 0.3) is 0 Å². The molecule has 1 heterocycles. The van der Waals surface area contributed by atoms with E-state index in [1.165, 1.54) is 40.7 Å². The quantitative estimate of drug-likeness (QED) is 0.709. The molecule has 0 radical (unpaired) electrons. The topological polar surface area (TPSA) is 63.7 Å². The van der Waals surface area contributed by atoms with E-state index in [2.05, 4.69) is 13.8 Å². The van der Waals surface area contributed by atoms with Gasteiger partial charge in [-0.05, 0) is 60.2 Å². The Morgan fingerprint density at radius 3 is 2.36 bits per heavy atom. The van der Waals surface area contributed by atoms with E-state index in [1.807, 2.05) is 0 Å². The molecule has 0 aliphatic carbocycles. The van der Waals surface area contributed by atoms with Crippen LogP contribution < -0.4 is 0 Å². The molecule has 5 nitrogen and oxygen atoms in total. The molecular formula is C21H24FNO4S. The Bertz CT molecular complexity index is 933. The summed E-state index contributed by atoms with van der Waals surface area (Å²) in [6.45, 7) is 5.06. The lowest BCUT2D eigenvalue weighted by atomic mass is 9.94. The van der Waals surface area contributed by atoms with Crippen molar-refractivity contribution in [2.24, 2.45) is 11.8 Å². The number of nitrogens with zero attached hydrogens (tertiary/aromatic N) is 1. The Hall–Kier alpha value is -2.25. The molecule has 0 saturated carbocycles. The fraction of sp³-hybridized carbons (Fsp3) is 0.381. The molecule has 2 aromatic rings. The maximum absolute atomic E-state index is 13.2. The molecule has 0 N–H and O–H groups in total. The zero-order chi connectivity index (χ0) is 20.3. The zero-order valence-electron chi connectivity index (χ0n) is 16.0. The number of rotatable bonds is 5. The fourth-order valence-corrected chi connectivity index (χ4v) is 5.25. The van der Waals surface area contributed by atoms with Gasteiger partial charge in [0.15, 0.2) is 0 Å². The molecule has 2 aromatic carbocycles. The van der Waals surface area contributed by atoms with E-state index < -0.39 is 21.8 Å². The molecule has 1 aliphatic heterocycles. The summed E-state index contributed by atoms with van der Waals surface area (Å²) >= 11 is 0.